The molecular formula is C13H14N4O. The molecule has 0 aliphatic carbocycles. The standard InChI is InChI=1S/C13H14N4O/c1-9-4-3-6-16-12(9)17-13(18)11-8-10(14-2)5-7-15-11/h3-8H,1-2H3,(H,14,15)(H,16,17,18). The molecule has 2 aromatic heterocycles. The van der Waals surface area contributed by atoms with Gasteiger partial charge >= 0.3 is 0 Å². The quantitative estimate of drug-likeness (QED) is 0.864. The smallest absolute Gasteiger partial charge is 0.275 e. The highest BCUT2D eigenvalue weighted by molar-refractivity contribution is 6.03. The number of carbonyl (C=O) groups excluding carboxylic acids is 1. The molecule has 0 aliphatic rings. The highest BCUT2D eigenvalue weighted by Gasteiger charge is 2.09. The molecular weight excluding hydrogens is 228 g/mol. The third kappa shape index (κ3) is 2.63. The van der Waals surface area contributed by atoms with E-state index < -0.39 is 0 Å². The van der Waals surface area contributed by atoms with Crippen LogP contribution in [0.5, 0.6) is 0 Å². The van der Waals surface area contributed by atoms with E-state index in [1.807, 2.05) is 19.1 Å². The Morgan fingerprint density at radius 1 is 1.22 bits per heavy atom. The van der Waals surface area contributed by atoms with Gasteiger partial charge in [0.25, 0.3) is 5.91 Å². The van der Waals surface area contributed by atoms with Crippen LogP contribution in [0.15, 0.2) is 36.7 Å². The van der Waals surface area contributed by atoms with Crippen molar-refractivity contribution >= 4 is 17.4 Å². The maximum absolute atomic E-state index is 12.0. The van der Waals surface area contributed by atoms with Crippen LogP contribution in [0.3, 0.4) is 0 Å². The van der Waals surface area contributed by atoms with E-state index >= 15 is 0 Å². The Bertz CT molecular complexity index is 568. The Balaban J connectivity index is 2.19. The second-order valence-corrected chi connectivity index (χ2v) is 3.80. The fourth-order valence-electron chi connectivity index (χ4n) is 1.50. The summed E-state index contributed by atoms with van der Waals surface area (Å²) in [6, 6.07) is 7.20. The summed E-state index contributed by atoms with van der Waals surface area (Å²) in [5, 5.41) is 5.70. The van der Waals surface area contributed by atoms with Crippen molar-refractivity contribution in [2.45, 2.75) is 6.92 Å². The molecule has 0 aliphatic heterocycles. The molecule has 0 radical (unpaired) electrons. The van der Waals surface area contributed by atoms with Gasteiger partial charge in [0.1, 0.15) is 11.5 Å². The van der Waals surface area contributed by atoms with Crippen LogP contribution in [0.2, 0.25) is 0 Å². The van der Waals surface area contributed by atoms with Gasteiger partial charge in [0.15, 0.2) is 0 Å². The molecule has 2 N–H and O–H groups in total. The summed E-state index contributed by atoms with van der Waals surface area (Å²) in [6.07, 6.45) is 3.23. The first-order valence-electron chi connectivity index (χ1n) is 5.57. The molecule has 0 aromatic carbocycles. The molecule has 2 heterocycles. The van der Waals surface area contributed by atoms with E-state index in [0.29, 0.717) is 11.5 Å². The molecule has 0 atom stereocenters. The van der Waals surface area contributed by atoms with Crippen LogP contribution < -0.4 is 10.6 Å². The highest BCUT2D eigenvalue weighted by atomic mass is 16.1. The highest BCUT2D eigenvalue weighted by Crippen LogP contribution is 2.12. The van der Waals surface area contributed by atoms with Gasteiger partial charge in [-0.15, -0.1) is 0 Å². The second-order valence-electron chi connectivity index (χ2n) is 3.80. The lowest BCUT2D eigenvalue weighted by molar-refractivity contribution is 0.102. The third-order valence-electron chi connectivity index (χ3n) is 2.52. The number of aryl methyl sites for hydroxylation is 1. The largest absolute Gasteiger partial charge is 0.388 e. The van der Waals surface area contributed by atoms with E-state index in [1.165, 1.54) is 0 Å². The van der Waals surface area contributed by atoms with E-state index in [0.717, 1.165) is 11.3 Å². The lowest BCUT2D eigenvalue weighted by Crippen LogP contribution is -2.15. The molecule has 0 unspecified atom stereocenters. The van der Waals surface area contributed by atoms with Crippen LogP contribution in [-0.4, -0.2) is 22.9 Å². The fraction of sp³-hybridized carbons (Fsp3) is 0.154. The Hall–Kier alpha value is -2.43. The number of hydrogen-bond donors (Lipinski definition) is 2. The van der Waals surface area contributed by atoms with Gasteiger partial charge in [-0.3, -0.25) is 9.78 Å². The van der Waals surface area contributed by atoms with E-state index in [-0.39, 0.29) is 5.91 Å². The normalized spacial score (nSPS) is 9.89. The SMILES string of the molecule is CNc1ccnc(C(=O)Nc2ncccc2C)c1. The van der Waals surface area contributed by atoms with Crippen LogP contribution >= 0.6 is 0 Å². The number of carbonyl (C=O) groups is 1. The minimum Gasteiger partial charge on any atom is -0.388 e. The maximum atomic E-state index is 12.0. The number of hydrogen-bond acceptors (Lipinski definition) is 4. The zero-order chi connectivity index (χ0) is 13.0. The first-order chi connectivity index (χ1) is 8.70. The molecule has 2 rings (SSSR count). The zero-order valence-electron chi connectivity index (χ0n) is 10.3. The molecule has 5 heteroatoms. The predicted molar refractivity (Wildman–Crippen MR) is 70.7 cm³/mol. The van der Waals surface area contributed by atoms with Gasteiger partial charge < -0.3 is 10.6 Å². The lowest BCUT2D eigenvalue weighted by atomic mass is 10.2. The number of rotatable bonds is 3. The molecule has 0 fully saturated rings. The molecule has 0 spiro atoms. The zero-order valence-corrected chi connectivity index (χ0v) is 10.3. The fourth-order valence-corrected chi connectivity index (χ4v) is 1.50. The van der Waals surface area contributed by atoms with Crippen LogP contribution in [0.25, 0.3) is 0 Å². The van der Waals surface area contributed by atoms with Crippen LogP contribution in [0, 0.1) is 6.92 Å². The monoisotopic (exact) mass is 242 g/mol. The number of aromatic nitrogens is 2. The minimum absolute atomic E-state index is 0.270. The van der Waals surface area contributed by atoms with Gasteiger partial charge in [-0.25, -0.2) is 4.98 Å². The number of anilines is 2. The number of nitrogens with one attached hydrogen (secondary N) is 2. The lowest BCUT2D eigenvalue weighted by Gasteiger charge is -2.07. The van der Waals surface area contributed by atoms with Gasteiger partial charge in [0, 0.05) is 25.1 Å². The topological polar surface area (TPSA) is 66.9 Å². The van der Waals surface area contributed by atoms with Gasteiger partial charge in [0.05, 0.1) is 0 Å². The third-order valence-corrected chi connectivity index (χ3v) is 2.52. The van der Waals surface area contributed by atoms with E-state index in [9.17, 15) is 4.79 Å². The summed E-state index contributed by atoms with van der Waals surface area (Å²) in [5.41, 5.74) is 2.11. The van der Waals surface area contributed by atoms with Crippen molar-refractivity contribution in [3.05, 3.63) is 47.9 Å². The molecule has 1 amide bonds. The van der Waals surface area contributed by atoms with Crippen molar-refractivity contribution in [3.63, 3.8) is 0 Å². The van der Waals surface area contributed by atoms with Gasteiger partial charge in [-0.05, 0) is 30.7 Å². The van der Waals surface area contributed by atoms with E-state index in [1.54, 1.807) is 31.6 Å². The maximum Gasteiger partial charge on any atom is 0.275 e. The van der Waals surface area contributed by atoms with Crippen LogP contribution in [-0.2, 0) is 0 Å². The Morgan fingerprint density at radius 2 is 2.06 bits per heavy atom. The van der Waals surface area contributed by atoms with Crippen molar-refractivity contribution in [1.29, 1.82) is 0 Å². The van der Waals surface area contributed by atoms with E-state index in [2.05, 4.69) is 20.6 Å². The van der Waals surface area contributed by atoms with Crippen LogP contribution in [0.1, 0.15) is 16.1 Å². The predicted octanol–water partition coefficient (Wildman–Crippen LogP) is 2.08. The summed E-state index contributed by atoms with van der Waals surface area (Å²) in [6.45, 7) is 1.89. The summed E-state index contributed by atoms with van der Waals surface area (Å²) >= 11 is 0. The molecule has 5 nitrogen and oxygen atoms in total. The van der Waals surface area contributed by atoms with Gasteiger partial charge in [-0.2, -0.15) is 0 Å². The summed E-state index contributed by atoms with van der Waals surface area (Å²) in [4.78, 5) is 20.1. The average Bonchev–Trinajstić information content (AvgIpc) is 2.41. The summed E-state index contributed by atoms with van der Waals surface area (Å²) in [5.74, 6) is 0.285. The first-order valence-corrected chi connectivity index (χ1v) is 5.57. The van der Waals surface area contributed by atoms with Crippen LogP contribution in [0.4, 0.5) is 11.5 Å². The van der Waals surface area contributed by atoms with Gasteiger partial charge in [0.2, 0.25) is 0 Å². The van der Waals surface area contributed by atoms with Crippen molar-refractivity contribution in [2.24, 2.45) is 0 Å². The number of nitrogens with zero attached hydrogens (tertiary/aromatic N) is 2. The van der Waals surface area contributed by atoms with E-state index in [4.69, 9.17) is 0 Å². The van der Waals surface area contributed by atoms with Crippen molar-refractivity contribution < 1.29 is 4.79 Å². The molecule has 92 valence electrons. The van der Waals surface area contributed by atoms with Crippen molar-refractivity contribution in [3.8, 4) is 0 Å². The molecule has 18 heavy (non-hydrogen) atoms. The number of pyridine rings is 2. The average molecular weight is 242 g/mol. The van der Waals surface area contributed by atoms with Gasteiger partial charge in [-0.1, -0.05) is 6.07 Å². The Kier molecular flexibility index (Phi) is 3.52. The summed E-state index contributed by atoms with van der Waals surface area (Å²) in [7, 11) is 1.79. The first kappa shape index (κ1) is 12.0. The Labute approximate surface area is 105 Å². The van der Waals surface area contributed by atoms with Crippen molar-refractivity contribution in [1.82, 2.24) is 9.97 Å². The van der Waals surface area contributed by atoms with Crippen molar-refractivity contribution in [2.75, 3.05) is 17.7 Å². The minimum atomic E-state index is -0.270. The number of amides is 1. The Morgan fingerprint density at radius 3 is 2.78 bits per heavy atom. The molecule has 0 bridgehead atoms. The molecule has 0 saturated heterocycles. The molecule has 0 saturated carbocycles. The summed E-state index contributed by atoms with van der Waals surface area (Å²) < 4.78 is 0. The second kappa shape index (κ2) is 5.27. The molecule has 2 aromatic rings.